The topological polar surface area (TPSA) is 29.5 Å². The maximum Gasteiger partial charge on any atom is 0.328 e. The van der Waals surface area contributed by atoms with Gasteiger partial charge in [-0.15, -0.1) is 0 Å². The molecule has 1 atom stereocenters. The molecule has 0 heterocycles. The van der Waals surface area contributed by atoms with Crippen LogP contribution in [-0.2, 0) is 9.53 Å². The molecule has 0 saturated heterocycles. The molecule has 0 N–H and O–H groups in total. The molecule has 0 aromatic heterocycles. The number of benzene rings is 1. The number of methoxy groups -OCH3 is 1. The highest BCUT2D eigenvalue weighted by Gasteiger charge is 2.20. The van der Waals surface area contributed by atoms with Crippen LogP contribution in [0.15, 0.2) is 18.2 Å². The van der Waals surface area contributed by atoms with Gasteiger partial charge in [-0.05, 0) is 31.9 Å². The molecule has 3 nitrogen and oxygen atoms in total. The summed E-state index contributed by atoms with van der Waals surface area (Å²) in [6.07, 6.45) is 0. The largest absolute Gasteiger partial charge is 0.467 e. The van der Waals surface area contributed by atoms with Gasteiger partial charge >= 0.3 is 5.97 Å². The lowest BCUT2D eigenvalue weighted by molar-refractivity contribution is -0.141. The maximum absolute atomic E-state index is 11.5. The van der Waals surface area contributed by atoms with Crippen molar-refractivity contribution in [1.29, 1.82) is 0 Å². The maximum atomic E-state index is 11.5. The van der Waals surface area contributed by atoms with E-state index in [1.54, 1.807) is 0 Å². The molecule has 0 bridgehead atoms. The monoisotopic (exact) mass is 221 g/mol. The van der Waals surface area contributed by atoms with Gasteiger partial charge in [0.15, 0.2) is 0 Å². The van der Waals surface area contributed by atoms with Crippen LogP contribution in [0.3, 0.4) is 0 Å². The number of para-hydroxylation sites is 1. The van der Waals surface area contributed by atoms with Crippen molar-refractivity contribution in [2.75, 3.05) is 19.1 Å². The highest BCUT2D eigenvalue weighted by Crippen LogP contribution is 2.25. The van der Waals surface area contributed by atoms with Crippen molar-refractivity contribution >= 4 is 11.7 Å². The van der Waals surface area contributed by atoms with Gasteiger partial charge in [-0.2, -0.15) is 0 Å². The molecule has 0 saturated carbocycles. The number of esters is 1. The van der Waals surface area contributed by atoms with E-state index in [-0.39, 0.29) is 12.0 Å². The molecule has 0 fully saturated rings. The molecular weight excluding hydrogens is 202 g/mol. The smallest absolute Gasteiger partial charge is 0.328 e. The van der Waals surface area contributed by atoms with Crippen LogP contribution in [0.25, 0.3) is 0 Å². The van der Waals surface area contributed by atoms with E-state index in [4.69, 9.17) is 4.74 Å². The Hall–Kier alpha value is -1.51. The second kappa shape index (κ2) is 5.01. The SMILES string of the molecule is COC(=O)C(C)N(C)c1c(C)cccc1C. The average Bonchev–Trinajstić information content (AvgIpc) is 2.26. The first-order valence-corrected chi connectivity index (χ1v) is 5.36. The zero-order valence-corrected chi connectivity index (χ0v) is 10.6. The van der Waals surface area contributed by atoms with Gasteiger partial charge in [-0.25, -0.2) is 4.79 Å². The van der Waals surface area contributed by atoms with E-state index in [0.717, 1.165) is 5.69 Å². The molecule has 0 spiro atoms. The lowest BCUT2D eigenvalue weighted by atomic mass is 10.1. The Kier molecular flexibility index (Phi) is 3.93. The zero-order valence-electron chi connectivity index (χ0n) is 10.6. The molecule has 1 aromatic carbocycles. The number of nitrogens with zero attached hydrogens (tertiary/aromatic N) is 1. The molecule has 0 aliphatic carbocycles. The first-order chi connectivity index (χ1) is 7.49. The van der Waals surface area contributed by atoms with E-state index >= 15 is 0 Å². The van der Waals surface area contributed by atoms with Crippen molar-refractivity contribution < 1.29 is 9.53 Å². The highest BCUT2D eigenvalue weighted by atomic mass is 16.5. The van der Waals surface area contributed by atoms with Crippen LogP contribution < -0.4 is 4.90 Å². The van der Waals surface area contributed by atoms with E-state index in [1.165, 1.54) is 18.2 Å². The number of rotatable bonds is 3. The number of ether oxygens (including phenoxy) is 1. The standard InChI is InChI=1S/C13H19NO2/c1-9-7-6-8-10(2)12(9)14(4)11(3)13(15)16-5/h6-8,11H,1-5H3. The normalized spacial score (nSPS) is 12.1. The summed E-state index contributed by atoms with van der Waals surface area (Å²) in [6, 6.07) is 5.83. The third kappa shape index (κ3) is 2.35. The first-order valence-electron chi connectivity index (χ1n) is 5.36. The Morgan fingerprint density at radius 3 is 2.25 bits per heavy atom. The van der Waals surface area contributed by atoms with Crippen LogP contribution in [0.4, 0.5) is 5.69 Å². The summed E-state index contributed by atoms with van der Waals surface area (Å²) in [5.41, 5.74) is 3.43. The molecule has 0 aliphatic heterocycles. The summed E-state index contributed by atoms with van der Waals surface area (Å²) >= 11 is 0. The second-order valence-electron chi connectivity index (χ2n) is 4.05. The number of hydrogen-bond donors (Lipinski definition) is 0. The van der Waals surface area contributed by atoms with Gasteiger partial charge < -0.3 is 9.64 Å². The molecule has 1 unspecified atom stereocenters. The predicted molar refractivity (Wildman–Crippen MR) is 65.8 cm³/mol. The van der Waals surface area contributed by atoms with Crippen molar-refractivity contribution in [2.24, 2.45) is 0 Å². The van der Waals surface area contributed by atoms with Crippen LogP contribution in [0.2, 0.25) is 0 Å². The minimum absolute atomic E-state index is 0.217. The number of hydrogen-bond acceptors (Lipinski definition) is 3. The molecule has 0 radical (unpaired) electrons. The van der Waals surface area contributed by atoms with Crippen molar-refractivity contribution in [1.82, 2.24) is 0 Å². The van der Waals surface area contributed by atoms with Gasteiger partial charge in [-0.3, -0.25) is 0 Å². The Labute approximate surface area is 97.0 Å². The number of carbonyl (C=O) groups is 1. The quantitative estimate of drug-likeness (QED) is 0.733. The lowest BCUT2D eigenvalue weighted by Gasteiger charge is -2.28. The van der Waals surface area contributed by atoms with E-state index < -0.39 is 0 Å². The van der Waals surface area contributed by atoms with Gasteiger partial charge in [0.2, 0.25) is 0 Å². The van der Waals surface area contributed by atoms with Gasteiger partial charge in [-0.1, -0.05) is 18.2 Å². The average molecular weight is 221 g/mol. The van der Waals surface area contributed by atoms with Gasteiger partial charge in [0.1, 0.15) is 6.04 Å². The first kappa shape index (κ1) is 12.6. The molecular formula is C13H19NO2. The third-order valence-corrected chi connectivity index (χ3v) is 2.92. The number of carbonyl (C=O) groups excluding carboxylic acids is 1. The van der Waals surface area contributed by atoms with Crippen LogP contribution in [0.1, 0.15) is 18.1 Å². The summed E-state index contributed by atoms with van der Waals surface area (Å²) in [7, 11) is 3.33. The molecule has 1 aromatic rings. The van der Waals surface area contributed by atoms with Crippen molar-refractivity contribution in [3.8, 4) is 0 Å². The molecule has 88 valence electrons. The number of likely N-dealkylation sites (N-methyl/N-ethyl adjacent to an activating group) is 1. The van der Waals surface area contributed by atoms with E-state index in [9.17, 15) is 4.79 Å². The molecule has 0 aliphatic rings. The van der Waals surface area contributed by atoms with Crippen LogP contribution in [0.5, 0.6) is 0 Å². The minimum Gasteiger partial charge on any atom is -0.467 e. The highest BCUT2D eigenvalue weighted by molar-refractivity contribution is 5.80. The number of anilines is 1. The summed E-state index contributed by atoms with van der Waals surface area (Å²) in [6.45, 7) is 5.93. The summed E-state index contributed by atoms with van der Waals surface area (Å²) in [5, 5.41) is 0. The third-order valence-electron chi connectivity index (χ3n) is 2.92. The van der Waals surface area contributed by atoms with Crippen molar-refractivity contribution in [3.63, 3.8) is 0 Å². The van der Waals surface area contributed by atoms with E-state index in [2.05, 4.69) is 0 Å². The molecule has 16 heavy (non-hydrogen) atoms. The van der Waals surface area contributed by atoms with Crippen molar-refractivity contribution in [2.45, 2.75) is 26.8 Å². The van der Waals surface area contributed by atoms with E-state index in [0.29, 0.717) is 0 Å². The minimum atomic E-state index is -0.273. The van der Waals surface area contributed by atoms with Crippen LogP contribution >= 0.6 is 0 Å². The van der Waals surface area contributed by atoms with Crippen LogP contribution in [0, 0.1) is 13.8 Å². The second-order valence-corrected chi connectivity index (χ2v) is 4.05. The molecule has 0 amide bonds. The van der Waals surface area contributed by atoms with E-state index in [1.807, 2.05) is 50.9 Å². The van der Waals surface area contributed by atoms with Gasteiger partial charge in [0, 0.05) is 12.7 Å². The molecule has 3 heteroatoms. The summed E-state index contributed by atoms with van der Waals surface area (Å²) in [5.74, 6) is -0.217. The predicted octanol–water partition coefficient (Wildman–Crippen LogP) is 2.30. The molecule has 1 rings (SSSR count). The Morgan fingerprint density at radius 2 is 1.81 bits per heavy atom. The fraction of sp³-hybridized carbons (Fsp3) is 0.462. The van der Waals surface area contributed by atoms with Gasteiger partial charge in [0.05, 0.1) is 7.11 Å². The van der Waals surface area contributed by atoms with Crippen molar-refractivity contribution in [3.05, 3.63) is 29.3 Å². The zero-order chi connectivity index (χ0) is 12.3. The summed E-state index contributed by atoms with van der Waals surface area (Å²) < 4.78 is 4.75. The fourth-order valence-electron chi connectivity index (χ4n) is 1.88. The van der Waals surface area contributed by atoms with Crippen LogP contribution in [-0.4, -0.2) is 26.2 Å². The van der Waals surface area contributed by atoms with Gasteiger partial charge in [0.25, 0.3) is 0 Å². The Morgan fingerprint density at radius 1 is 1.31 bits per heavy atom. The Bertz CT molecular complexity index is 367. The lowest BCUT2D eigenvalue weighted by Crippen LogP contribution is -2.37. The summed E-state index contributed by atoms with van der Waals surface area (Å²) in [4.78, 5) is 13.4. The fourth-order valence-corrected chi connectivity index (χ4v) is 1.88. The number of aryl methyl sites for hydroxylation is 2. The Balaban J connectivity index is 3.04.